The predicted molar refractivity (Wildman–Crippen MR) is 108 cm³/mol. The summed E-state index contributed by atoms with van der Waals surface area (Å²) in [5.41, 5.74) is 6.25. The molecule has 1 fully saturated rings. The molecule has 0 spiro atoms. The molecule has 1 aromatic carbocycles. The molecule has 2 aliphatic rings. The first-order chi connectivity index (χ1) is 13.6. The number of hydrogen-bond donors (Lipinski definition) is 2. The van der Waals surface area contributed by atoms with Crippen LogP contribution in [0.3, 0.4) is 0 Å². The van der Waals surface area contributed by atoms with Crippen molar-refractivity contribution in [1.29, 1.82) is 0 Å². The van der Waals surface area contributed by atoms with Gasteiger partial charge in [-0.2, -0.15) is 5.10 Å². The molecule has 10 heteroatoms. The van der Waals surface area contributed by atoms with Crippen LogP contribution in [0.5, 0.6) is 0 Å². The Hall–Kier alpha value is -2.32. The van der Waals surface area contributed by atoms with Crippen molar-refractivity contribution >= 4 is 35.1 Å². The molecule has 0 unspecified atom stereocenters. The van der Waals surface area contributed by atoms with Gasteiger partial charge in [0, 0.05) is 31.0 Å². The summed E-state index contributed by atoms with van der Waals surface area (Å²) in [6.07, 6.45) is 0.608. The van der Waals surface area contributed by atoms with Crippen molar-refractivity contribution in [3.8, 4) is 11.3 Å². The van der Waals surface area contributed by atoms with Gasteiger partial charge in [-0.05, 0) is 19.1 Å². The van der Waals surface area contributed by atoms with E-state index in [0.29, 0.717) is 52.9 Å². The minimum absolute atomic E-state index is 0.174. The highest BCUT2D eigenvalue weighted by Gasteiger charge is 2.42. The number of alkyl halides is 1. The maximum atomic E-state index is 13.7. The molecular formula is C19H20Cl2FN5O2. The van der Waals surface area contributed by atoms with Gasteiger partial charge in [0.25, 0.3) is 5.91 Å². The highest BCUT2D eigenvalue weighted by Crippen LogP contribution is 2.36. The molecule has 1 aliphatic heterocycles. The number of fused-ring (bicyclic) bond motifs is 1. The monoisotopic (exact) mass is 439 g/mol. The van der Waals surface area contributed by atoms with Crippen molar-refractivity contribution in [2.75, 3.05) is 6.54 Å². The van der Waals surface area contributed by atoms with Crippen molar-refractivity contribution in [3.05, 3.63) is 39.5 Å². The Labute approximate surface area is 176 Å². The molecular weight excluding hydrogens is 420 g/mol. The van der Waals surface area contributed by atoms with Gasteiger partial charge >= 0.3 is 6.03 Å². The van der Waals surface area contributed by atoms with Gasteiger partial charge in [0.1, 0.15) is 11.4 Å². The van der Waals surface area contributed by atoms with Crippen LogP contribution in [0, 0.1) is 0 Å². The quantitative estimate of drug-likeness (QED) is 0.767. The lowest BCUT2D eigenvalue weighted by Crippen LogP contribution is -2.55. The molecule has 2 aromatic rings. The Morgan fingerprint density at radius 2 is 2.00 bits per heavy atom. The molecule has 3 N–H and O–H groups in total. The second-order valence-electron chi connectivity index (χ2n) is 7.78. The molecule has 0 radical (unpaired) electrons. The molecule has 0 bridgehead atoms. The smallest absolute Gasteiger partial charge is 0.318 e. The summed E-state index contributed by atoms with van der Waals surface area (Å²) in [5.74, 6) is -0.637. The Morgan fingerprint density at radius 3 is 2.62 bits per heavy atom. The number of halogens is 3. The van der Waals surface area contributed by atoms with Crippen LogP contribution >= 0.6 is 23.2 Å². The second-order valence-corrected chi connectivity index (χ2v) is 8.59. The van der Waals surface area contributed by atoms with E-state index in [9.17, 15) is 14.0 Å². The number of rotatable bonds is 3. The fourth-order valence-electron chi connectivity index (χ4n) is 3.93. The van der Waals surface area contributed by atoms with E-state index in [4.69, 9.17) is 28.9 Å². The fraction of sp³-hybridized carbons (Fsp3) is 0.421. The highest BCUT2D eigenvalue weighted by molar-refractivity contribution is 6.42. The van der Waals surface area contributed by atoms with Crippen LogP contribution in [-0.4, -0.2) is 44.9 Å². The first-order valence-corrected chi connectivity index (χ1v) is 9.99. The molecule has 0 saturated heterocycles. The van der Waals surface area contributed by atoms with Crippen molar-refractivity contribution in [2.45, 2.75) is 44.6 Å². The third-order valence-electron chi connectivity index (χ3n) is 5.38. The third kappa shape index (κ3) is 3.79. The number of nitrogens with two attached hydrogens (primary N) is 1. The zero-order valence-electron chi connectivity index (χ0n) is 15.7. The van der Waals surface area contributed by atoms with E-state index in [2.05, 4.69) is 10.4 Å². The lowest BCUT2D eigenvalue weighted by Gasteiger charge is -2.40. The van der Waals surface area contributed by atoms with Gasteiger partial charge in [0.05, 0.1) is 34.4 Å². The summed E-state index contributed by atoms with van der Waals surface area (Å²) in [6.45, 7) is 2.53. The average molecular weight is 440 g/mol. The first-order valence-electron chi connectivity index (χ1n) is 9.24. The zero-order chi connectivity index (χ0) is 20.9. The van der Waals surface area contributed by atoms with Crippen molar-refractivity contribution in [1.82, 2.24) is 20.0 Å². The molecule has 29 heavy (non-hydrogen) atoms. The van der Waals surface area contributed by atoms with Crippen LogP contribution in [-0.2, 0) is 13.1 Å². The molecule has 0 atom stereocenters. The largest absolute Gasteiger partial charge is 0.365 e. The predicted octanol–water partition coefficient (Wildman–Crippen LogP) is 3.37. The number of amides is 3. The number of carbonyl (C=O) groups excluding carboxylic acids is 2. The van der Waals surface area contributed by atoms with Gasteiger partial charge in [0.15, 0.2) is 0 Å². The van der Waals surface area contributed by atoms with Gasteiger partial charge < -0.3 is 16.0 Å². The highest BCUT2D eigenvalue weighted by atomic mass is 35.5. The summed E-state index contributed by atoms with van der Waals surface area (Å²) in [6, 6.07) is 4.50. The lowest BCUT2D eigenvalue weighted by atomic mass is 9.79. The van der Waals surface area contributed by atoms with E-state index >= 15 is 0 Å². The fourth-order valence-corrected chi connectivity index (χ4v) is 4.23. The van der Waals surface area contributed by atoms with Gasteiger partial charge in [-0.3, -0.25) is 9.48 Å². The number of primary amides is 1. The van der Waals surface area contributed by atoms with Gasteiger partial charge in [-0.15, -0.1) is 0 Å². The normalized spacial score (nSPS) is 23.3. The van der Waals surface area contributed by atoms with Crippen LogP contribution in [0.4, 0.5) is 9.18 Å². The molecule has 1 aromatic heterocycles. The van der Waals surface area contributed by atoms with Crippen LogP contribution in [0.15, 0.2) is 18.2 Å². The molecule has 3 amide bonds. The number of urea groups is 1. The Morgan fingerprint density at radius 1 is 1.28 bits per heavy atom. The summed E-state index contributed by atoms with van der Waals surface area (Å²) < 4.78 is 15.3. The average Bonchev–Trinajstić information content (AvgIpc) is 3.01. The van der Waals surface area contributed by atoms with Gasteiger partial charge in [-0.1, -0.05) is 29.3 Å². The Balaban J connectivity index is 1.59. The summed E-state index contributed by atoms with van der Waals surface area (Å²) in [7, 11) is 0. The van der Waals surface area contributed by atoms with E-state index < -0.39 is 11.6 Å². The number of hydrogen-bond acceptors (Lipinski definition) is 3. The maximum absolute atomic E-state index is 13.7. The number of aromatic nitrogens is 2. The molecule has 1 saturated carbocycles. The standard InChI is InChI=1S/C19H20Cl2FN5O2/c1-19(22)7-11(8-19)24-18(29)26-4-5-27-14(9-26)15(17(23)28)16(25-27)10-2-3-12(20)13(21)6-10/h2-3,6,11H,4-5,7-9H2,1H3,(H2,23,28)(H,24,29). The van der Waals surface area contributed by atoms with E-state index in [1.807, 2.05) is 0 Å². The molecule has 2 heterocycles. The molecule has 4 rings (SSSR count). The van der Waals surface area contributed by atoms with Gasteiger partial charge in [-0.25, -0.2) is 9.18 Å². The topological polar surface area (TPSA) is 93.2 Å². The number of nitrogens with one attached hydrogen (secondary N) is 1. The number of benzene rings is 1. The zero-order valence-corrected chi connectivity index (χ0v) is 17.2. The minimum atomic E-state index is -1.22. The number of nitrogens with zero attached hydrogens (tertiary/aromatic N) is 3. The Kier molecular flexibility index (Phi) is 4.94. The summed E-state index contributed by atoms with van der Waals surface area (Å²) in [5, 5.41) is 8.09. The summed E-state index contributed by atoms with van der Waals surface area (Å²) in [4.78, 5) is 26.4. The molecule has 7 nitrogen and oxygen atoms in total. The van der Waals surface area contributed by atoms with Crippen LogP contribution in [0.25, 0.3) is 11.3 Å². The lowest BCUT2D eigenvalue weighted by molar-refractivity contribution is 0.0489. The molecule has 154 valence electrons. The van der Waals surface area contributed by atoms with E-state index in [-0.39, 0.29) is 24.2 Å². The minimum Gasteiger partial charge on any atom is -0.365 e. The van der Waals surface area contributed by atoms with E-state index in [1.165, 1.54) is 6.92 Å². The van der Waals surface area contributed by atoms with Gasteiger partial charge in [0.2, 0.25) is 0 Å². The van der Waals surface area contributed by atoms with E-state index in [1.54, 1.807) is 27.8 Å². The number of carbonyl (C=O) groups is 2. The van der Waals surface area contributed by atoms with E-state index in [0.717, 1.165) is 0 Å². The SMILES string of the molecule is CC1(F)CC(NC(=O)N2CCn3nc(-c4ccc(Cl)c(Cl)c4)c(C(N)=O)c3C2)C1. The third-order valence-corrected chi connectivity index (χ3v) is 6.12. The first kappa shape index (κ1) is 20.0. The Bertz CT molecular complexity index is 999. The van der Waals surface area contributed by atoms with Crippen molar-refractivity contribution < 1.29 is 14.0 Å². The van der Waals surface area contributed by atoms with Crippen LogP contribution in [0.2, 0.25) is 10.0 Å². The van der Waals surface area contributed by atoms with Crippen LogP contribution in [0.1, 0.15) is 35.8 Å². The molecule has 1 aliphatic carbocycles. The second kappa shape index (κ2) is 7.18. The van der Waals surface area contributed by atoms with Crippen molar-refractivity contribution in [2.24, 2.45) is 5.73 Å². The van der Waals surface area contributed by atoms with Crippen LogP contribution < -0.4 is 11.1 Å². The summed E-state index contributed by atoms with van der Waals surface area (Å²) >= 11 is 12.1. The van der Waals surface area contributed by atoms with Crippen molar-refractivity contribution in [3.63, 3.8) is 0 Å². The maximum Gasteiger partial charge on any atom is 0.318 e.